The number of anilines is 1. The summed E-state index contributed by atoms with van der Waals surface area (Å²) in [5.41, 5.74) is 2.64. The summed E-state index contributed by atoms with van der Waals surface area (Å²) < 4.78 is 1.81. The minimum absolute atomic E-state index is 0.143. The van der Waals surface area contributed by atoms with Crippen molar-refractivity contribution in [2.24, 2.45) is 0 Å². The molecule has 4 rings (SSSR count). The van der Waals surface area contributed by atoms with Crippen LogP contribution in [-0.4, -0.2) is 37.4 Å². The molecule has 1 N–H and O–H groups in total. The Morgan fingerprint density at radius 2 is 1.79 bits per heavy atom. The van der Waals surface area contributed by atoms with Gasteiger partial charge < -0.3 is 5.32 Å². The highest BCUT2D eigenvalue weighted by Gasteiger charge is 2.28. The van der Waals surface area contributed by atoms with Crippen molar-refractivity contribution in [2.75, 3.05) is 5.32 Å². The molecule has 0 saturated carbocycles. The lowest BCUT2D eigenvalue weighted by atomic mass is 10.2. The molecule has 0 radical (unpaired) electrons. The van der Waals surface area contributed by atoms with Gasteiger partial charge in [0.2, 0.25) is 11.8 Å². The summed E-state index contributed by atoms with van der Waals surface area (Å²) in [6.45, 7) is 4.30. The number of aromatic nitrogens is 3. The summed E-state index contributed by atoms with van der Waals surface area (Å²) >= 11 is 0. The molecule has 3 heterocycles. The Balaban J connectivity index is 1.45. The number of nitrogens with one attached hydrogen (secondary N) is 1. The first-order valence-corrected chi connectivity index (χ1v) is 9.49. The maximum atomic E-state index is 12.6. The molecule has 2 aromatic heterocycles. The van der Waals surface area contributed by atoms with E-state index in [1.807, 2.05) is 18.5 Å². The topological polar surface area (TPSA) is 97.2 Å². The molecule has 8 heteroatoms. The number of amides is 3. The van der Waals surface area contributed by atoms with E-state index in [9.17, 15) is 14.4 Å². The van der Waals surface area contributed by atoms with Crippen LogP contribution in [0, 0.1) is 0 Å². The van der Waals surface area contributed by atoms with Crippen LogP contribution in [0.3, 0.4) is 0 Å². The van der Waals surface area contributed by atoms with Crippen molar-refractivity contribution < 1.29 is 14.4 Å². The average Bonchev–Trinajstić information content (AvgIpc) is 3.27. The van der Waals surface area contributed by atoms with E-state index in [0.717, 1.165) is 16.6 Å². The zero-order valence-corrected chi connectivity index (χ0v) is 16.3. The molecular formula is C21H21N5O3. The number of hydrogen-bond donors (Lipinski definition) is 1. The number of hydrogen-bond acceptors (Lipinski definition) is 5. The second kappa shape index (κ2) is 7.46. The number of carbonyl (C=O) groups is 3. The number of imide groups is 1. The second-order valence-corrected chi connectivity index (χ2v) is 7.34. The monoisotopic (exact) mass is 391 g/mol. The zero-order valence-electron chi connectivity index (χ0n) is 16.3. The number of carbonyl (C=O) groups excluding carboxylic acids is 3. The molecule has 0 spiro atoms. The van der Waals surface area contributed by atoms with Gasteiger partial charge in [0.15, 0.2) is 5.65 Å². The fraction of sp³-hybridized carbons (Fsp3) is 0.286. The van der Waals surface area contributed by atoms with Crippen molar-refractivity contribution in [3.63, 3.8) is 0 Å². The van der Waals surface area contributed by atoms with Gasteiger partial charge in [0.1, 0.15) is 0 Å². The SMILES string of the molecule is CC(C)n1ncc2cc(C(=O)Nc3ccc(CN4C(=O)CCC4=O)cc3)cnc21. The lowest BCUT2D eigenvalue weighted by Gasteiger charge is -2.14. The van der Waals surface area contributed by atoms with Gasteiger partial charge in [0.05, 0.1) is 18.3 Å². The number of benzene rings is 1. The van der Waals surface area contributed by atoms with E-state index in [2.05, 4.69) is 15.4 Å². The first-order chi connectivity index (χ1) is 13.9. The maximum Gasteiger partial charge on any atom is 0.257 e. The highest BCUT2D eigenvalue weighted by molar-refractivity contribution is 6.05. The quantitative estimate of drug-likeness (QED) is 0.675. The van der Waals surface area contributed by atoms with Crippen molar-refractivity contribution in [2.45, 2.75) is 39.3 Å². The normalized spacial score (nSPS) is 14.2. The zero-order chi connectivity index (χ0) is 20.5. The fourth-order valence-electron chi connectivity index (χ4n) is 3.32. The van der Waals surface area contributed by atoms with Crippen molar-refractivity contribution in [3.8, 4) is 0 Å². The molecule has 1 saturated heterocycles. The molecule has 148 valence electrons. The van der Waals surface area contributed by atoms with Crippen LogP contribution in [0.1, 0.15) is 48.7 Å². The van der Waals surface area contributed by atoms with Crippen LogP contribution in [0.25, 0.3) is 11.0 Å². The number of pyridine rings is 1. The first-order valence-electron chi connectivity index (χ1n) is 9.49. The molecule has 1 fully saturated rings. The highest BCUT2D eigenvalue weighted by Crippen LogP contribution is 2.19. The van der Waals surface area contributed by atoms with Crippen LogP contribution in [0.2, 0.25) is 0 Å². The third kappa shape index (κ3) is 3.73. The van der Waals surface area contributed by atoms with Gasteiger partial charge in [-0.15, -0.1) is 0 Å². The number of fused-ring (bicyclic) bond motifs is 1. The van der Waals surface area contributed by atoms with Gasteiger partial charge in [-0.1, -0.05) is 12.1 Å². The summed E-state index contributed by atoms with van der Waals surface area (Å²) in [4.78, 5) is 41.7. The summed E-state index contributed by atoms with van der Waals surface area (Å²) in [5, 5.41) is 7.96. The Morgan fingerprint density at radius 3 is 2.45 bits per heavy atom. The largest absolute Gasteiger partial charge is 0.322 e. The Kier molecular flexibility index (Phi) is 4.84. The van der Waals surface area contributed by atoms with E-state index in [4.69, 9.17) is 0 Å². The van der Waals surface area contributed by atoms with E-state index in [1.165, 1.54) is 11.1 Å². The smallest absolute Gasteiger partial charge is 0.257 e. The van der Waals surface area contributed by atoms with Gasteiger partial charge in [0, 0.05) is 36.2 Å². The summed E-state index contributed by atoms with van der Waals surface area (Å²) in [5.74, 6) is -0.554. The number of likely N-dealkylation sites (tertiary alicyclic amines) is 1. The third-order valence-corrected chi connectivity index (χ3v) is 4.89. The molecule has 1 aromatic carbocycles. The molecule has 0 aliphatic carbocycles. The van der Waals surface area contributed by atoms with Crippen molar-refractivity contribution in [3.05, 3.63) is 53.9 Å². The molecule has 0 bridgehead atoms. The minimum atomic E-state index is -0.269. The Labute approximate surface area is 167 Å². The van der Waals surface area contributed by atoms with Crippen LogP contribution in [0.5, 0.6) is 0 Å². The van der Waals surface area contributed by atoms with E-state index in [1.54, 1.807) is 36.5 Å². The van der Waals surface area contributed by atoms with Gasteiger partial charge in [-0.3, -0.25) is 19.3 Å². The molecule has 3 amide bonds. The van der Waals surface area contributed by atoms with Gasteiger partial charge >= 0.3 is 0 Å². The summed E-state index contributed by atoms with van der Waals surface area (Å²) in [6, 6.07) is 9.04. The second-order valence-electron chi connectivity index (χ2n) is 7.34. The van der Waals surface area contributed by atoms with Gasteiger partial charge in [0.25, 0.3) is 5.91 Å². The lowest BCUT2D eigenvalue weighted by molar-refractivity contribution is -0.139. The maximum absolute atomic E-state index is 12.6. The molecule has 0 unspecified atom stereocenters. The van der Waals surface area contributed by atoms with Gasteiger partial charge in [-0.2, -0.15) is 5.10 Å². The van der Waals surface area contributed by atoms with Crippen molar-refractivity contribution in [1.29, 1.82) is 0 Å². The molecule has 1 aliphatic heterocycles. The van der Waals surface area contributed by atoms with E-state index < -0.39 is 0 Å². The Bertz CT molecular complexity index is 1090. The van der Waals surface area contributed by atoms with Crippen molar-refractivity contribution in [1.82, 2.24) is 19.7 Å². The number of nitrogens with zero attached hydrogens (tertiary/aromatic N) is 4. The van der Waals surface area contributed by atoms with Gasteiger partial charge in [-0.05, 0) is 37.6 Å². The van der Waals surface area contributed by atoms with Crippen LogP contribution < -0.4 is 5.32 Å². The van der Waals surface area contributed by atoms with Crippen LogP contribution >= 0.6 is 0 Å². The van der Waals surface area contributed by atoms with Crippen LogP contribution in [0.15, 0.2) is 42.7 Å². The molecule has 29 heavy (non-hydrogen) atoms. The van der Waals surface area contributed by atoms with E-state index in [-0.39, 0.29) is 43.1 Å². The first kappa shape index (κ1) is 18.8. The molecule has 0 atom stereocenters. The molecule has 3 aromatic rings. The molecule has 8 nitrogen and oxygen atoms in total. The minimum Gasteiger partial charge on any atom is -0.322 e. The predicted molar refractivity (Wildman–Crippen MR) is 107 cm³/mol. The molecular weight excluding hydrogens is 370 g/mol. The van der Waals surface area contributed by atoms with Crippen molar-refractivity contribution >= 4 is 34.4 Å². The average molecular weight is 391 g/mol. The van der Waals surface area contributed by atoms with Crippen LogP contribution in [0.4, 0.5) is 5.69 Å². The van der Waals surface area contributed by atoms with Gasteiger partial charge in [-0.25, -0.2) is 9.67 Å². The predicted octanol–water partition coefficient (Wildman–Crippen LogP) is 2.91. The Hall–Kier alpha value is -3.55. The van der Waals surface area contributed by atoms with E-state index in [0.29, 0.717) is 11.3 Å². The highest BCUT2D eigenvalue weighted by atomic mass is 16.2. The Morgan fingerprint density at radius 1 is 1.10 bits per heavy atom. The fourth-order valence-corrected chi connectivity index (χ4v) is 3.32. The third-order valence-electron chi connectivity index (χ3n) is 4.89. The summed E-state index contributed by atoms with van der Waals surface area (Å²) in [7, 11) is 0. The standard InChI is InChI=1S/C21H21N5O3/c1-13(2)26-20-15(11-23-26)9-16(10-22-20)21(29)24-17-5-3-14(4-6-17)12-25-18(27)7-8-19(25)28/h3-6,9-11,13H,7-8,12H2,1-2H3,(H,24,29). The van der Waals surface area contributed by atoms with Crippen LogP contribution in [-0.2, 0) is 16.1 Å². The number of rotatable bonds is 5. The lowest BCUT2D eigenvalue weighted by Crippen LogP contribution is -2.28. The van der Waals surface area contributed by atoms with E-state index >= 15 is 0 Å². The molecule has 1 aliphatic rings. The summed E-state index contributed by atoms with van der Waals surface area (Å²) in [6.07, 6.45) is 3.80.